The minimum absolute atomic E-state index is 0.631. The lowest BCUT2D eigenvalue weighted by Gasteiger charge is -2.35. The fourth-order valence-corrected chi connectivity index (χ4v) is 1.32. The summed E-state index contributed by atoms with van der Waals surface area (Å²) in [5.74, 6) is 0. The molecule has 0 unspecified atom stereocenters. The Kier molecular flexibility index (Phi) is 3.58. The van der Waals surface area contributed by atoms with Crippen molar-refractivity contribution in [2.75, 3.05) is 33.2 Å². The average Bonchev–Trinajstić information content (AvgIpc) is 2.05. The standard InChI is InChI=1S/C6H13N3S2/c1-8(6(10)11)9-4-2-7-3-5-9/h7H,2-5H2,1H3,(H,10,11). The highest BCUT2D eigenvalue weighted by Gasteiger charge is 2.14. The maximum Gasteiger partial charge on any atom is 0.147 e. The first kappa shape index (κ1) is 9.25. The largest absolute Gasteiger partial charge is 0.314 e. The molecule has 11 heavy (non-hydrogen) atoms. The molecule has 0 spiro atoms. The number of hydrogen-bond donors (Lipinski definition) is 2. The normalized spacial score (nSPS) is 19.8. The summed E-state index contributed by atoms with van der Waals surface area (Å²) in [6, 6.07) is 0. The van der Waals surface area contributed by atoms with Gasteiger partial charge in [-0.25, -0.2) is 5.01 Å². The molecule has 0 aromatic carbocycles. The van der Waals surface area contributed by atoms with Crippen LogP contribution in [0.2, 0.25) is 0 Å². The number of piperazine rings is 1. The summed E-state index contributed by atoms with van der Waals surface area (Å²) in [7, 11) is 1.95. The zero-order chi connectivity index (χ0) is 8.27. The van der Waals surface area contributed by atoms with Gasteiger partial charge in [0.05, 0.1) is 0 Å². The van der Waals surface area contributed by atoms with Gasteiger partial charge in [0.25, 0.3) is 0 Å². The van der Waals surface area contributed by atoms with E-state index in [2.05, 4.69) is 23.0 Å². The number of thiocarbonyl (C=S) groups is 1. The van der Waals surface area contributed by atoms with Crippen molar-refractivity contribution in [3.8, 4) is 0 Å². The van der Waals surface area contributed by atoms with Crippen molar-refractivity contribution in [3.63, 3.8) is 0 Å². The van der Waals surface area contributed by atoms with Crippen LogP contribution in [0.4, 0.5) is 0 Å². The van der Waals surface area contributed by atoms with E-state index in [0.29, 0.717) is 4.32 Å². The predicted molar refractivity (Wildman–Crippen MR) is 53.8 cm³/mol. The van der Waals surface area contributed by atoms with Gasteiger partial charge in [-0.15, -0.1) is 12.6 Å². The Balaban J connectivity index is 2.38. The van der Waals surface area contributed by atoms with Gasteiger partial charge < -0.3 is 5.32 Å². The first-order valence-electron chi connectivity index (χ1n) is 3.64. The molecule has 1 rings (SSSR count). The van der Waals surface area contributed by atoms with E-state index in [1.54, 1.807) is 0 Å². The van der Waals surface area contributed by atoms with Gasteiger partial charge in [0.1, 0.15) is 4.32 Å². The Morgan fingerprint density at radius 1 is 1.55 bits per heavy atom. The number of nitrogens with one attached hydrogen (secondary N) is 1. The summed E-state index contributed by atoms with van der Waals surface area (Å²) in [6.45, 7) is 4.08. The molecule has 0 bridgehead atoms. The number of hydrogen-bond acceptors (Lipinski definition) is 3. The van der Waals surface area contributed by atoms with Crippen molar-refractivity contribution < 1.29 is 0 Å². The summed E-state index contributed by atoms with van der Waals surface area (Å²) in [5.41, 5.74) is 0. The molecule has 1 N–H and O–H groups in total. The van der Waals surface area contributed by atoms with Gasteiger partial charge in [-0.05, 0) is 0 Å². The van der Waals surface area contributed by atoms with Crippen molar-refractivity contribution in [1.82, 2.24) is 15.3 Å². The van der Waals surface area contributed by atoms with E-state index in [-0.39, 0.29) is 0 Å². The molecule has 0 aromatic heterocycles. The van der Waals surface area contributed by atoms with Gasteiger partial charge in [-0.1, -0.05) is 12.2 Å². The zero-order valence-corrected chi connectivity index (χ0v) is 8.29. The maximum absolute atomic E-state index is 4.93. The van der Waals surface area contributed by atoms with Crippen molar-refractivity contribution >= 4 is 29.2 Å². The van der Waals surface area contributed by atoms with Gasteiger partial charge in [0.2, 0.25) is 0 Å². The SMILES string of the molecule is CN(C(=S)S)N1CCNCC1. The lowest BCUT2D eigenvalue weighted by atomic mass is 10.4. The molecule has 1 saturated heterocycles. The molecular weight excluding hydrogens is 178 g/mol. The van der Waals surface area contributed by atoms with E-state index < -0.39 is 0 Å². The number of nitrogens with zero attached hydrogens (tertiary/aromatic N) is 2. The Morgan fingerprint density at radius 2 is 2.09 bits per heavy atom. The van der Waals surface area contributed by atoms with Crippen molar-refractivity contribution in [1.29, 1.82) is 0 Å². The molecule has 0 amide bonds. The van der Waals surface area contributed by atoms with E-state index >= 15 is 0 Å². The van der Waals surface area contributed by atoms with Crippen molar-refractivity contribution in [2.24, 2.45) is 0 Å². The van der Waals surface area contributed by atoms with Gasteiger partial charge >= 0.3 is 0 Å². The fraction of sp³-hybridized carbons (Fsp3) is 0.833. The van der Waals surface area contributed by atoms with Crippen molar-refractivity contribution in [2.45, 2.75) is 0 Å². The van der Waals surface area contributed by atoms with E-state index in [4.69, 9.17) is 12.2 Å². The number of rotatable bonds is 1. The highest BCUT2D eigenvalue weighted by atomic mass is 32.1. The van der Waals surface area contributed by atoms with Crippen LogP contribution in [-0.4, -0.2) is 47.6 Å². The Labute approximate surface area is 78.1 Å². The number of thiol groups is 1. The summed E-state index contributed by atoms with van der Waals surface area (Å²) >= 11 is 9.03. The van der Waals surface area contributed by atoms with Crippen LogP contribution in [0.3, 0.4) is 0 Å². The second kappa shape index (κ2) is 4.25. The summed E-state index contributed by atoms with van der Waals surface area (Å²) in [6.07, 6.45) is 0. The molecule has 64 valence electrons. The van der Waals surface area contributed by atoms with Crippen LogP contribution in [0.25, 0.3) is 0 Å². The lowest BCUT2D eigenvalue weighted by molar-refractivity contribution is 0.0612. The third-order valence-corrected chi connectivity index (χ3v) is 2.35. The van der Waals surface area contributed by atoms with E-state index in [1.807, 2.05) is 12.1 Å². The average molecular weight is 191 g/mol. The molecule has 3 nitrogen and oxygen atoms in total. The monoisotopic (exact) mass is 191 g/mol. The second-order valence-corrected chi connectivity index (χ2v) is 3.62. The highest BCUT2D eigenvalue weighted by molar-refractivity contribution is 8.10. The fourth-order valence-electron chi connectivity index (χ4n) is 1.07. The van der Waals surface area contributed by atoms with Crippen LogP contribution < -0.4 is 5.32 Å². The second-order valence-electron chi connectivity index (χ2n) is 2.51. The van der Waals surface area contributed by atoms with Crippen LogP contribution in [0.1, 0.15) is 0 Å². The first-order valence-corrected chi connectivity index (χ1v) is 4.49. The molecule has 0 saturated carbocycles. The van der Waals surface area contributed by atoms with Gasteiger partial charge in [-0.3, -0.25) is 5.01 Å². The van der Waals surface area contributed by atoms with Crippen LogP contribution >= 0.6 is 24.8 Å². The van der Waals surface area contributed by atoms with E-state index in [0.717, 1.165) is 26.2 Å². The molecule has 0 radical (unpaired) electrons. The molecule has 1 aliphatic rings. The lowest BCUT2D eigenvalue weighted by Crippen LogP contribution is -2.51. The molecule has 0 aromatic rings. The van der Waals surface area contributed by atoms with Crippen LogP contribution in [0.15, 0.2) is 0 Å². The molecule has 0 aliphatic carbocycles. The zero-order valence-electron chi connectivity index (χ0n) is 6.58. The third kappa shape index (κ3) is 2.59. The predicted octanol–water partition coefficient (Wildman–Crippen LogP) is -0.0469. The minimum Gasteiger partial charge on any atom is -0.314 e. The maximum atomic E-state index is 4.93. The third-order valence-electron chi connectivity index (χ3n) is 1.79. The Bertz CT molecular complexity index is 145. The van der Waals surface area contributed by atoms with Crippen LogP contribution in [0, 0.1) is 0 Å². The molecule has 5 heteroatoms. The summed E-state index contributed by atoms with van der Waals surface area (Å²) in [4.78, 5) is 0. The quantitative estimate of drug-likeness (QED) is 0.447. The molecule has 0 atom stereocenters. The molecule has 1 heterocycles. The topological polar surface area (TPSA) is 18.5 Å². The van der Waals surface area contributed by atoms with Gasteiger partial charge in [-0.2, -0.15) is 0 Å². The summed E-state index contributed by atoms with van der Waals surface area (Å²) in [5, 5.41) is 7.37. The summed E-state index contributed by atoms with van der Waals surface area (Å²) < 4.78 is 0.631. The smallest absolute Gasteiger partial charge is 0.147 e. The van der Waals surface area contributed by atoms with Gasteiger partial charge in [0.15, 0.2) is 0 Å². The van der Waals surface area contributed by atoms with Crippen LogP contribution in [-0.2, 0) is 0 Å². The number of hydrazine groups is 1. The molecular formula is C6H13N3S2. The molecule has 1 aliphatic heterocycles. The van der Waals surface area contributed by atoms with E-state index in [9.17, 15) is 0 Å². The van der Waals surface area contributed by atoms with Crippen LogP contribution in [0.5, 0.6) is 0 Å². The van der Waals surface area contributed by atoms with E-state index in [1.165, 1.54) is 0 Å². The Hall–Kier alpha value is 0.160. The van der Waals surface area contributed by atoms with Gasteiger partial charge in [0, 0.05) is 33.2 Å². The first-order chi connectivity index (χ1) is 5.22. The van der Waals surface area contributed by atoms with Crippen molar-refractivity contribution in [3.05, 3.63) is 0 Å². The molecule has 1 fully saturated rings. The highest BCUT2D eigenvalue weighted by Crippen LogP contribution is 2.00. The Morgan fingerprint density at radius 3 is 2.55 bits per heavy atom. The minimum atomic E-state index is 0.631.